The highest BCUT2D eigenvalue weighted by Crippen LogP contribution is 2.58. The molecule has 9 heteroatoms. The number of imide groups is 1. The number of fused-ring (bicyclic) bond motifs is 3. The lowest BCUT2D eigenvalue weighted by molar-refractivity contribution is -0.127. The van der Waals surface area contributed by atoms with Crippen molar-refractivity contribution < 1.29 is 28.7 Å². The Bertz CT molecular complexity index is 1450. The van der Waals surface area contributed by atoms with Gasteiger partial charge in [-0.3, -0.25) is 19.2 Å². The second-order valence-electron chi connectivity index (χ2n) is 8.83. The molecule has 3 atom stereocenters. The number of methoxy groups -OCH3 is 1. The summed E-state index contributed by atoms with van der Waals surface area (Å²) in [6, 6.07) is 17.5. The molecule has 2 fully saturated rings. The smallest absolute Gasteiger partial charge is 0.241 e. The summed E-state index contributed by atoms with van der Waals surface area (Å²) in [5.74, 6) is -4.57. The Morgan fingerprint density at radius 1 is 0.833 bits per heavy atom. The van der Waals surface area contributed by atoms with Gasteiger partial charge in [-0.25, -0.2) is 4.90 Å². The van der Waals surface area contributed by atoms with Crippen LogP contribution in [-0.4, -0.2) is 36.1 Å². The van der Waals surface area contributed by atoms with E-state index in [0.29, 0.717) is 17.0 Å². The number of carbonyl (C=O) groups excluding carboxylic acids is 4. The lowest BCUT2D eigenvalue weighted by Crippen LogP contribution is -2.51. The highest BCUT2D eigenvalue weighted by atomic mass is 35.5. The number of rotatable bonds is 3. The van der Waals surface area contributed by atoms with Crippen molar-refractivity contribution >= 4 is 52.3 Å². The minimum atomic E-state index is -2.18. The summed E-state index contributed by atoms with van der Waals surface area (Å²) < 4.78 is 11.4. The Morgan fingerprint density at radius 3 is 2.08 bits per heavy atom. The van der Waals surface area contributed by atoms with E-state index in [-0.39, 0.29) is 21.2 Å². The predicted molar refractivity (Wildman–Crippen MR) is 131 cm³/mol. The number of halogens is 2. The summed E-state index contributed by atoms with van der Waals surface area (Å²) in [5, 5.41) is 0.338. The first-order valence-corrected chi connectivity index (χ1v) is 11.9. The molecule has 0 aromatic heterocycles. The Labute approximate surface area is 215 Å². The number of benzene rings is 3. The Kier molecular flexibility index (Phi) is 5.09. The van der Waals surface area contributed by atoms with E-state index in [2.05, 4.69) is 0 Å². The average Bonchev–Trinajstić information content (AvgIpc) is 3.46. The summed E-state index contributed by atoms with van der Waals surface area (Å²) in [6.45, 7) is 0. The highest BCUT2D eigenvalue weighted by molar-refractivity contribution is 6.42. The van der Waals surface area contributed by atoms with Crippen LogP contribution >= 0.6 is 23.2 Å². The van der Waals surface area contributed by atoms with E-state index in [4.69, 9.17) is 32.7 Å². The Morgan fingerprint density at radius 2 is 1.47 bits per heavy atom. The fraction of sp³-hybridized carbons (Fsp3) is 0.185. The first kappa shape index (κ1) is 22.9. The van der Waals surface area contributed by atoms with Crippen LogP contribution in [0.25, 0.3) is 0 Å². The molecular formula is C27H17Cl2NO6. The second kappa shape index (κ2) is 8.00. The maximum Gasteiger partial charge on any atom is 0.241 e. The van der Waals surface area contributed by atoms with Gasteiger partial charge in [0.15, 0.2) is 0 Å². The zero-order valence-corrected chi connectivity index (χ0v) is 20.2. The Balaban J connectivity index is 1.55. The number of amides is 2. The third-order valence-corrected chi connectivity index (χ3v) is 7.97. The van der Waals surface area contributed by atoms with Crippen LogP contribution in [0.15, 0.2) is 66.7 Å². The first-order valence-electron chi connectivity index (χ1n) is 11.1. The molecule has 1 spiro atoms. The van der Waals surface area contributed by atoms with Crippen LogP contribution in [0.3, 0.4) is 0 Å². The van der Waals surface area contributed by atoms with E-state index in [9.17, 15) is 19.2 Å². The molecule has 2 amide bonds. The van der Waals surface area contributed by atoms with Gasteiger partial charge in [0.05, 0.1) is 40.8 Å². The van der Waals surface area contributed by atoms with Crippen molar-refractivity contribution in [3.8, 4) is 5.75 Å². The van der Waals surface area contributed by atoms with Crippen LogP contribution in [0.5, 0.6) is 5.75 Å². The molecule has 0 saturated carbocycles. The van der Waals surface area contributed by atoms with Gasteiger partial charge in [0.25, 0.3) is 0 Å². The molecule has 6 rings (SSSR count). The first-order chi connectivity index (χ1) is 17.3. The van der Waals surface area contributed by atoms with Crippen molar-refractivity contribution in [2.45, 2.75) is 11.7 Å². The van der Waals surface area contributed by atoms with Crippen LogP contribution in [-0.2, 0) is 14.3 Å². The molecule has 2 heterocycles. The van der Waals surface area contributed by atoms with Gasteiger partial charge in [-0.1, -0.05) is 59.6 Å². The van der Waals surface area contributed by atoms with Gasteiger partial charge in [-0.2, -0.15) is 0 Å². The molecule has 1 aliphatic carbocycles. The average molecular weight is 522 g/mol. The molecule has 0 radical (unpaired) electrons. The second-order valence-corrected chi connectivity index (χ2v) is 9.62. The summed E-state index contributed by atoms with van der Waals surface area (Å²) in [6.07, 6.45) is -1.15. The van der Waals surface area contributed by atoms with Gasteiger partial charge in [-0.05, 0) is 30.3 Å². The molecule has 3 aromatic carbocycles. The topological polar surface area (TPSA) is 90.0 Å². The van der Waals surface area contributed by atoms with Crippen molar-refractivity contribution in [1.29, 1.82) is 0 Å². The zero-order valence-electron chi connectivity index (χ0n) is 18.7. The number of nitrogens with zero attached hydrogens (tertiary/aromatic N) is 1. The molecule has 0 unspecified atom stereocenters. The number of carbonyl (C=O) groups is 4. The maximum absolute atomic E-state index is 13.9. The third-order valence-electron chi connectivity index (χ3n) is 7.14. The number of Topliss-reactive ketones (excluding diaryl/α,β-unsaturated/α-hetero) is 2. The van der Waals surface area contributed by atoms with E-state index in [1.54, 1.807) is 54.6 Å². The summed E-state index contributed by atoms with van der Waals surface area (Å²) in [4.78, 5) is 56.3. The van der Waals surface area contributed by atoms with Crippen LogP contribution < -0.4 is 9.64 Å². The SMILES string of the molecule is COc1ccc(N2C(=O)[C@H]3[C@@H](C2=O)C2(O[C@H]3c3cccc(Cl)c3Cl)C(=O)c3ccccc3C2=O)cc1. The van der Waals surface area contributed by atoms with Crippen LogP contribution in [0.2, 0.25) is 10.0 Å². The fourth-order valence-corrected chi connectivity index (χ4v) is 5.94. The predicted octanol–water partition coefficient (Wildman–Crippen LogP) is 4.70. The van der Waals surface area contributed by atoms with Crippen LogP contribution in [0, 0.1) is 11.8 Å². The largest absolute Gasteiger partial charge is 0.497 e. The molecule has 2 saturated heterocycles. The molecule has 0 N–H and O–H groups in total. The van der Waals surface area contributed by atoms with Gasteiger partial charge in [0.2, 0.25) is 29.0 Å². The highest BCUT2D eigenvalue weighted by Gasteiger charge is 2.75. The molecule has 2 aliphatic heterocycles. The molecule has 0 bridgehead atoms. The van der Waals surface area contributed by atoms with Gasteiger partial charge >= 0.3 is 0 Å². The quantitative estimate of drug-likeness (QED) is 0.366. The van der Waals surface area contributed by atoms with Crippen LogP contribution in [0.4, 0.5) is 5.69 Å². The molecule has 36 heavy (non-hydrogen) atoms. The molecule has 3 aliphatic rings. The normalized spacial score (nSPS) is 24.0. The third kappa shape index (κ3) is 2.85. The molecular weight excluding hydrogens is 505 g/mol. The molecule has 7 nitrogen and oxygen atoms in total. The van der Waals surface area contributed by atoms with Crippen LogP contribution in [0.1, 0.15) is 32.4 Å². The lowest BCUT2D eigenvalue weighted by Gasteiger charge is -2.27. The van der Waals surface area contributed by atoms with E-state index in [1.807, 2.05) is 0 Å². The van der Waals surface area contributed by atoms with E-state index in [1.165, 1.54) is 19.2 Å². The number of hydrogen-bond acceptors (Lipinski definition) is 6. The number of anilines is 1. The van der Waals surface area contributed by atoms with Gasteiger partial charge in [-0.15, -0.1) is 0 Å². The number of hydrogen-bond donors (Lipinski definition) is 0. The summed E-state index contributed by atoms with van der Waals surface area (Å²) in [5.41, 5.74) is -1.25. The number of ketones is 2. The summed E-state index contributed by atoms with van der Waals surface area (Å²) >= 11 is 12.7. The van der Waals surface area contributed by atoms with Crippen molar-refractivity contribution in [3.63, 3.8) is 0 Å². The van der Waals surface area contributed by atoms with E-state index >= 15 is 0 Å². The van der Waals surface area contributed by atoms with Crippen molar-refractivity contribution in [1.82, 2.24) is 0 Å². The van der Waals surface area contributed by atoms with Crippen molar-refractivity contribution in [2.24, 2.45) is 11.8 Å². The maximum atomic E-state index is 13.9. The minimum Gasteiger partial charge on any atom is -0.497 e. The standard InChI is InChI=1S/C27H17Cl2NO6/c1-35-14-11-9-13(10-12-14)30-25(33)19-20(26(30)34)27(23(31)15-5-2-3-6-16(15)24(27)32)36-22(19)17-7-4-8-18(28)21(17)29/h2-12,19-20,22H,1H3/t19-,20-,22-/m0/s1. The monoisotopic (exact) mass is 521 g/mol. The van der Waals surface area contributed by atoms with E-state index < -0.39 is 46.9 Å². The molecule has 3 aromatic rings. The van der Waals surface area contributed by atoms with Gasteiger partial charge in [0.1, 0.15) is 5.75 Å². The van der Waals surface area contributed by atoms with Gasteiger partial charge < -0.3 is 9.47 Å². The van der Waals surface area contributed by atoms with E-state index in [0.717, 1.165) is 4.90 Å². The summed E-state index contributed by atoms with van der Waals surface area (Å²) in [7, 11) is 1.50. The Hall–Kier alpha value is -3.52. The minimum absolute atomic E-state index is 0.124. The molecule has 180 valence electrons. The zero-order chi connectivity index (χ0) is 25.4. The van der Waals surface area contributed by atoms with Crippen molar-refractivity contribution in [3.05, 3.63) is 93.5 Å². The lowest BCUT2D eigenvalue weighted by atomic mass is 9.77. The fourth-order valence-electron chi connectivity index (χ4n) is 5.53. The number of ether oxygens (including phenoxy) is 2. The van der Waals surface area contributed by atoms with Gasteiger partial charge in [0, 0.05) is 16.7 Å². The van der Waals surface area contributed by atoms with Crippen molar-refractivity contribution in [2.75, 3.05) is 12.0 Å².